The number of guanidine groups is 1. The number of nitrogens with two attached hydrogens (primary N) is 2. The van der Waals surface area contributed by atoms with Gasteiger partial charge in [0.15, 0.2) is 11.1 Å². The molecule has 0 aromatic heterocycles. The van der Waals surface area contributed by atoms with Crippen LogP contribution in [0, 0.1) is 0 Å². The van der Waals surface area contributed by atoms with Gasteiger partial charge in [-0.15, -0.1) is 0 Å². The summed E-state index contributed by atoms with van der Waals surface area (Å²) < 4.78 is 0. The third-order valence-electron chi connectivity index (χ3n) is 0.757. The van der Waals surface area contributed by atoms with Gasteiger partial charge >= 0.3 is 0 Å². The molecule has 58 valence electrons. The topological polar surface area (TPSA) is 76.4 Å². The molecule has 0 spiro atoms. The lowest BCUT2D eigenvalue weighted by Crippen LogP contribution is -2.40. The average molecular weight is 160 g/mol. The molecule has 0 aromatic rings. The molecule has 0 unspecified atom stereocenters. The molecule has 0 bridgehead atoms. The van der Waals surface area contributed by atoms with E-state index in [2.05, 4.69) is 22.5 Å². The van der Waals surface area contributed by atoms with Gasteiger partial charge < -0.3 is 16.8 Å². The summed E-state index contributed by atoms with van der Waals surface area (Å²) in [6.45, 7) is 2.71. The Morgan fingerprint density at radius 2 is 2.20 bits per heavy atom. The number of nitrogens with zero attached hydrogens (tertiary/aromatic N) is 1. The van der Waals surface area contributed by atoms with E-state index < -0.39 is 0 Å². The zero-order chi connectivity index (χ0) is 7.98. The quantitative estimate of drug-likeness (QED) is 0.290. The molecule has 0 aliphatic carbocycles. The van der Waals surface area contributed by atoms with Crippen LogP contribution in [0.2, 0.25) is 0 Å². The zero-order valence-corrected chi connectivity index (χ0v) is 6.74. The van der Waals surface area contributed by atoms with Gasteiger partial charge in [-0.2, -0.15) is 0 Å². The average Bonchev–Trinajstić information content (AvgIpc) is 1.82. The van der Waals surface area contributed by atoms with Gasteiger partial charge in [0.1, 0.15) is 0 Å². The highest BCUT2D eigenvalue weighted by molar-refractivity contribution is 7.80. The van der Waals surface area contributed by atoms with Crippen molar-refractivity contribution >= 4 is 23.3 Å². The number of hydrogen-bond donors (Lipinski definition) is 3. The van der Waals surface area contributed by atoms with Crippen LogP contribution in [0.3, 0.4) is 0 Å². The first-order chi connectivity index (χ1) is 4.66. The van der Waals surface area contributed by atoms with Crippen molar-refractivity contribution in [2.45, 2.75) is 13.3 Å². The van der Waals surface area contributed by atoms with Gasteiger partial charge in [-0.25, -0.2) is 0 Å². The number of aliphatic imine (C=N–C) groups is 1. The van der Waals surface area contributed by atoms with Gasteiger partial charge in [0.25, 0.3) is 0 Å². The van der Waals surface area contributed by atoms with Gasteiger partial charge in [0, 0.05) is 6.54 Å². The maximum atomic E-state index is 5.33. The third-order valence-corrected chi connectivity index (χ3v) is 0.859. The van der Waals surface area contributed by atoms with Crippen molar-refractivity contribution in [1.29, 1.82) is 0 Å². The van der Waals surface area contributed by atoms with Crippen molar-refractivity contribution in [3.05, 3.63) is 0 Å². The first-order valence-electron chi connectivity index (χ1n) is 3.03. The van der Waals surface area contributed by atoms with Crippen LogP contribution in [0.5, 0.6) is 0 Å². The molecule has 0 fully saturated rings. The standard InChI is InChI=1S/C5H12N4S/c1-2-3-8-4(6)9-5(7)10/h2-3H2,1H3,(H5,6,7,8,9,10). The lowest BCUT2D eigenvalue weighted by Gasteiger charge is -2.00. The molecular weight excluding hydrogens is 148 g/mol. The minimum absolute atomic E-state index is 0.150. The lowest BCUT2D eigenvalue weighted by molar-refractivity contribution is 0.923. The van der Waals surface area contributed by atoms with E-state index in [9.17, 15) is 0 Å². The first-order valence-corrected chi connectivity index (χ1v) is 3.44. The van der Waals surface area contributed by atoms with E-state index in [0.717, 1.165) is 6.42 Å². The summed E-state index contributed by atoms with van der Waals surface area (Å²) in [5.41, 5.74) is 10.5. The van der Waals surface area contributed by atoms with Gasteiger partial charge in [-0.1, -0.05) is 6.92 Å². The van der Waals surface area contributed by atoms with Gasteiger partial charge in [0.05, 0.1) is 0 Å². The normalized spacial score (nSPS) is 11.1. The van der Waals surface area contributed by atoms with Crippen LogP contribution in [-0.4, -0.2) is 17.6 Å². The van der Waals surface area contributed by atoms with E-state index in [-0.39, 0.29) is 11.1 Å². The Bertz CT molecular complexity index is 143. The monoisotopic (exact) mass is 160 g/mol. The Kier molecular flexibility index (Phi) is 4.57. The smallest absolute Gasteiger partial charge is 0.194 e. The van der Waals surface area contributed by atoms with E-state index in [1.807, 2.05) is 6.92 Å². The van der Waals surface area contributed by atoms with Crippen molar-refractivity contribution in [2.75, 3.05) is 6.54 Å². The lowest BCUT2D eigenvalue weighted by atomic mass is 10.5. The van der Waals surface area contributed by atoms with Crippen LogP contribution in [0.4, 0.5) is 0 Å². The third kappa shape index (κ3) is 5.30. The SMILES string of the molecule is CCCN=C(N)NC(N)=S. The van der Waals surface area contributed by atoms with E-state index in [4.69, 9.17) is 11.5 Å². The molecule has 5 heteroatoms. The molecule has 5 N–H and O–H groups in total. The van der Waals surface area contributed by atoms with Crippen LogP contribution in [0.25, 0.3) is 0 Å². The summed E-state index contributed by atoms with van der Waals surface area (Å²) in [6, 6.07) is 0. The van der Waals surface area contributed by atoms with Gasteiger partial charge in [-0.3, -0.25) is 4.99 Å². The molecule has 0 aliphatic rings. The first kappa shape index (κ1) is 9.16. The predicted molar refractivity (Wildman–Crippen MR) is 46.7 cm³/mol. The molecule has 0 heterocycles. The minimum Gasteiger partial charge on any atom is -0.376 e. The number of thiocarbonyl (C=S) groups is 1. The van der Waals surface area contributed by atoms with Gasteiger partial charge in [-0.05, 0) is 18.6 Å². The summed E-state index contributed by atoms with van der Waals surface area (Å²) in [4.78, 5) is 3.90. The molecule has 10 heavy (non-hydrogen) atoms. The van der Waals surface area contributed by atoms with Crippen molar-refractivity contribution in [2.24, 2.45) is 16.5 Å². The minimum atomic E-state index is 0.150. The Morgan fingerprint density at radius 1 is 1.60 bits per heavy atom. The van der Waals surface area contributed by atoms with Crippen LogP contribution in [-0.2, 0) is 0 Å². The van der Waals surface area contributed by atoms with E-state index >= 15 is 0 Å². The zero-order valence-electron chi connectivity index (χ0n) is 5.92. The molecule has 0 rings (SSSR count). The predicted octanol–water partition coefficient (Wildman–Crippen LogP) is -0.456. The van der Waals surface area contributed by atoms with Gasteiger partial charge in [0.2, 0.25) is 0 Å². The molecular formula is C5H12N4S. The Hall–Kier alpha value is -0.840. The van der Waals surface area contributed by atoms with E-state index in [1.54, 1.807) is 0 Å². The van der Waals surface area contributed by atoms with Crippen molar-refractivity contribution < 1.29 is 0 Å². The molecule has 0 radical (unpaired) electrons. The van der Waals surface area contributed by atoms with Crippen molar-refractivity contribution in [1.82, 2.24) is 5.32 Å². The number of nitrogens with one attached hydrogen (secondary N) is 1. The highest BCUT2D eigenvalue weighted by atomic mass is 32.1. The molecule has 0 atom stereocenters. The maximum absolute atomic E-state index is 5.33. The molecule has 0 aliphatic heterocycles. The summed E-state index contributed by atoms with van der Waals surface area (Å²) in [5.74, 6) is 0.286. The maximum Gasteiger partial charge on any atom is 0.194 e. The van der Waals surface area contributed by atoms with Crippen LogP contribution in [0.1, 0.15) is 13.3 Å². The molecule has 0 aromatic carbocycles. The fraction of sp³-hybridized carbons (Fsp3) is 0.600. The second kappa shape index (κ2) is 4.99. The number of rotatable bonds is 2. The van der Waals surface area contributed by atoms with E-state index in [1.165, 1.54) is 0 Å². The van der Waals surface area contributed by atoms with Crippen LogP contribution < -0.4 is 16.8 Å². The summed E-state index contributed by atoms with van der Waals surface area (Å²) in [6.07, 6.45) is 0.958. The van der Waals surface area contributed by atoms with Crippen molar-refractivity contribution in [3.63, 3.8) is 0 Å². The number of hydrogen-bond acceptors (Lipinski definition) is 2. The summed E-state index contributed by atoms with van der Waals surface area (Å²) >= 11 is 4.53. The summed E-state index contributed by atoms with van der Waals surface area (Å²) in [5, 5.41) is 2.66. The highest BCUT2D eigenvalue weighted by Gasteiger charge is 1.89. The van der Waals surface area contributed by atoms with Crippen LogP contribution >= 0.6 is 12.2 Å². The fourth-order valence-corrected chi connectivity index (χ4v) is 0.503. The Labute approximate surface area is 65.7 Å². The van der Waals surface area contributed by atoms with E-state index in [0.29, 0.717) is 6.54 Å². The Morgan fingerprint density at radius 3 is 2.60 bits per heavy atom. The molecule has 0 saturated heterocycles. The molecule has 4 nitrogen and oxygen atoms in total. The second-order valence-corrected chi connectivity index (χ2v) is 2.20. The summed E-state index contributed by atoms with van der Waals surface area (Å²) in [7, 11) is 0. The largest absolute Gasteiger partial charge is 0.376 e. The van der Waals surface area contributed by atoms with Crippen molar-refractivity contribution in [3.8, 4) is 0 Å². The highest BCUT2D eigenvalue weighted by Crippen LogP contribution is 1.75. The molecule has 0 saturated carbocycles. The Balaban J connectivity index is 3.59. The fourth-order valence-electron chi connectivity index (χ4n) is 0.398. The second-order valence-electron chi connectivity index (χ2n) is 1.76. The molecule has 0 amide bonds. The van der Waals surface area contributed by atoms with Crippen LogP contribution in [0.15, 0.2) is 4.99 Å².